The Kier molecular flexibility index (Phi) is 2.82. The molecule has 0 heterocycles. The van der Waals surface area contributed by atoms with Crippen molar-refractivity contribution in [3.8, 4) is 0 Å². The van der Waals surface area contributed by atoms with E-state index in [0.717, 1.165) is 12.1 Å². The van der Waals surface area contributed by atoms with Gasteiger partial charge in [0.2, 0.25) is 5.60 Å². The van der Waals surface area contributed by atoms with E-state index in [1.807, 2.05) is 0 Å². The third-order valence-corrected chi connectivity index (χ3v) is 1.95. The molecule has 0 spiro atoms. The molecule has 0 aliphatic carbocycles. The summed E-state index contributed by atoms with van der Waals surface area (Å²) in [6.45, 7) is -1.39. The quantitative estimate of drug-likeness (QED) is 0.768. The maximum atomic E-state index is 12.4. The van der Waals surface area contributed by atoms with Crippen LogP contribution in [-0.2, 0) is 5.60 Å². The van der Waals surface area contributed by atoms with Gasteiger partial charge < -0.3 is 10.2 Å². The highest BCUT2D eigenvalue weighted by atomic mass is 19.4. The summed E-state index contributed by atoms with van der Waals surface area (Å²) in [7, 11) is 0. The van der Waals surface area contributed by atoms with Crippen LogP contribution in [0.3, 0.4) is 0 Å². The van der Waals surface area contributed by atoms with Crippen LogP contribution in [0.2, 0.25) is 0 Å². The van der Waals surface area contributed by atoms with Gasteiger partial charge in [0, 0.05) is 0 Å². The van der Waals surface area contributed by atoms with Crippen LogP contribution < -0.4 is 0 Å². The van der Waals surface area contributed by atoms with Crippen LogP contribution in [0.4, 0.5) is 13.2 Å². The fourth-order valence-corrected chi connectivity index (χ4v) is 1.06. The van der Waals surface area contributed by atoms with Crippen LogP contribution in [0, 0.1) is 0 Å². The van der Waals surface area contributed by atoms with Gasteiger partial charge in [0.15, 0.2) is 0 Å². The predicted molar refractivity (Wildman–Crippen MR) is 43.5 cm³/mol. The minimum Gasteiger partial charge on any atom is -0.393 e. The summed E-state index contributed by atoms with van der Waals surface area (Å²) in [5, 5.41) is 17.9. The van der Waals surface area contributed by atoms with Gasteiger partial charge in [-0.15, -0.1) is 0 Å². The van der Waals surface area contributed by atoms with Gasteiger partial charge in [-0.05, 0) is 5.56 Å². The van der Waals surface area contributed by atoms with Crippen LogP contribution in [0.1, 0.15) is 5.56 Å². The van der Waals surface area contributed by atoms with Crippen molar-refractivity contribution in [1.82, 2.24) is 0 Å². The van der Waals surface area contributed by atoms with Gasteiger partial charge >= 0.3 is 6.18 Å². The highest BCUT2D eigenvalue weighted by Crippen LogP contribution is 2.38. The van der Waals surface area contributed by atoms with Gasteiger partial charge in [0.05, 0.1) is 6.61 Å². The Morgan fingerprint density at radius 1 is 1.07 bits per heavy atom. The topological polar surface area (TPSA) is 40.5 Å². The van der Waals surface area contributed by atoms with Gasteiger partial charge in [0.25, 0.3) is 0 Å². The molecule has 2 N–H and O–H groups in total. The van der Waals surface area contributed by atoms with E-state index in [9.17, 15) is 18.3 Å². The Bertz CT molecular complexity index is 297. The molecular formula is C9H9F3O2. The second-order valence-electron chi connectivity index (χ2n) is 2.88. The number of rotatable bonds is 2. The lowest BCUT2D eigenvalue weighted by Gasteiger charge is -2.28. The highest BCUT2D eigenvalue weighted by Gasteiger charge is 2.54. The normalized spacial score (nSPS) is 16.4. The number of hydrogen-bond donors (Lipinski definition) is 2. The Labute approximate surface area is 78.6 Å². The van der Waals surface area contributed by atoms with Crippen molar-refractivity contribution < 1.29 is 23.4 Å². The SMILES string of the molecule is OC[C@](O)(c1ccccc1)C(F)(F)F. The number of halogens is 3. The summed E-state index contributed by atoms with van der Waals surface area (Å²) < 4.78 is 37.1. The molecule has 0 bridgehead atoms. The third kappa shape index (κ3) is 1.73. The van der Waals surface area contributed by atoms with Crippen molar-refractivity contribution in [2.75, 3.05) is 6.61 Å². The second kappa shape index (κ2) is 3.59. The summed E-state index contributed by atoms with van der Waals surface area (Å²) in [6, 6.07) is 6.48. The van der Waals surface area contributed by atoms with Crippen molar-refractivity contribution >= 4 is 0 Å². The fourth-order valence-electron chi connectivity index (χ4n) is 1.06. The Balaban J connectivity index is 3.15. The molecule has 0 aliphatic rings. The number of aliphatic hydroxyl groups excluding tert-OH is 1. The molecule has 1 rings (SSSR count). The number of alkyl halides is 3. The first-order valence-electron chi connectivity index (χ1n) is 3.87. The van der Waals surface area contributed by atoms with Crippen molar-refractivity contribution in [2.24, 2.45) is 0 Å². The minimum atomic E-state index is -4.89. The highest BCUT2D eigenvalue weighted by molar-refractivity contribution is 5.24. The van der Waals surface area contributed by atoms with E-state index >= 15 is 0 Å². The molecule has 1 aromatic carbocycles. The van der Waals surface area contributed by atoms with E-state index in [1.54, 1.807) is 0 Å². The minimum absolute atomic E-state index is 0.366. The molecule has 14 heavy (non-hydrogen) atoms. The maximum absolute atomic E-state index is 12.4. The van der Waals surface area contributed by atoms with E-state index in [0.29, 0.717) is 0 Å². The lowest BCUT2D eigenvalue weighted by atomic mass is 9.94. The van der Waals surface area contributed by atoms with E-state index in [2.05, 4.69) is 0 Å². The van der Waals surface area contributed by atoms with Crippen LogP contribution in [-0.4, -0.2) is 23.0 Å². The molecule has 2 nitrogen and oxygen atoms in total. The van der Waals surface area contributed by atoms with Crippen molar-refractivity contribution in [1.29, 1.82) is 0 Å². The molecule has 0 saturated heterocycles. The molecule has 0 radical (unpaired) electrons. The molecular weight excluding hydrogens is 197 g/mol. The largest absolute Gasteiger partial charge is 0.423 e. The van der Waals surface area contributed by atoms with E-state index in [-0.39, 0.29) is 5.56 Å². The summed E-state index contributed by atoms with van der Waals surface area (Å²) in [5.74, 6) is 0. The Morgan fingerprint density at radius 2 is 1.57 bits per heavy atom. The molecule has 1 aromatic rings. The molecule has 0 aliphatic heterocycles. The molecule has 0 amide bonds. The third-order valence-electron chi connectivity index (χ3n) is 1.95. The average molecular weight is 206 g/mol. The van der Waals surface area contributed by atoms with Crippen LogP contribution in [0.5, 0.6) is 0 Å². The zero-order valence-electron chi connectivity index (χ0n) is 7.12. The standard InChI is InChI=1S/C9H9F3O2/c10-9(11,12)8(14,6-13)7-4-2-1-3-5-7/h1-5,13-14H,6H2/t8-/m0/s1. The molecule has 0 fully saturated rings. The van der Waals surface area contributed by atoms with Gasteiger partial charge in [-0.3, -0.25) is 0 Å². The number of benzene rings is 1. The van der Waals surface area contributed by atoms with Crippen LogP contribution >= 0.6 is 0 Å². The summed E-state index contributed by atoms with van der Waals surface area (Å²) in [4.78, 5) is 0. The molecule has 0 aromatic heterocycles. The van der Waals surface area contributed by atoms with Crippen molar-refractivity contribution in [3.05, 3.63) is 35.9 Å². The Morgan fingerprint density at radius 3 is 1.93 bits per heavy atom. The zero-order valence-corrected chi connectivity index (χ0v) is 7.12. The fraction of sp³-hybridized carbons (Fsp3) is 0.333. The van der Waals surface area contributed by atoms with Crippen molar-refractivity contribution in [3.63, 3.8) is 0 Å². The van der Waals surface area contributed by atoms with Gasteiger partial charge in [0.1, 0.15) is 0 Å². The summed E-state index contributed by atoms with van der Waals surface area (Å²) in [5.41, 5.74) is -3.54. The molecule has 78 valence electrons. The number of hydrogen-bond acceptors (Lipinski definition) is 2. The van der Waals surface area contributed by atoms with Gasteiger partial charge in [-0.1, -0.05) is 30.3 Å². The van der Waals surface area contributed by atoms with Gasteiger partial charge in [-0.25, -0.2) is 0 Å². The lowest BCUT2D eigenvalue weighted by molar-refractivity contribution is -0.277. The number of aliphatic hydroxyl groups is 2. The predicted octanol–water partition coefficient (Wildman–Crippen LogP) is 1.43. The van der Waals surface area contributed by atoms with Crippen molar-refractivity contribution in [2.45, 2.75) is 11.8 Å². The first kappa shape index (κ1) is 11.0. The monoisotopic (exact) mass is 206 g/mol. The van der Waals surface area contributed by atoms with E-state index < -0.39 is 18.4 Å². The van der Waals surface area contributed by atoms with E-state index in [1.165, 1.54) is 18.2 Å². The second-order valence-corrected chi connectivity index (χ2v) is 2.88. The molecule has 0 saturated carbocycles. The zero-order chi connectivity index (χ0) is 10.8. The Hall–Kier alpha value is -1.07. The molecule has 1 atom stereocenters. The molecule has 5 heteroatoms. The average Bonchev–Trinajstić information content (AvgIpc) is 2.16. The lowest BCUT2D eigenvalue weighted by Crippen LogP contribution is -2.45. The first-order valence-corrected chi connectivity index (χ1v) is 3.87. The van der Waals surface area contributed by atoms with E-state index in [4.69, 9.17) is 5.11 Å². The van der Waals surface area contributed by atoms with Gasteiger partial charge in [-0.2, -0.15) is 13.2 Å². The van der Waals surface area contributed by atoms with Crippen LogP contribution in [0.15, 0.2) is 30.3 Å². The molecule has 0 unspecified atom stereocenters. The summed E-state index contributed by atoms with van der Waals surface area (Å²) in [6.07, 6.45) is -4.89. The van der Waals surface area contributed by atoms with Crippen LogP contribution in [0.25, 0.3) is 0 Å². The first-order chi connectivity index (χ1) is 6.42. The summed E-state index contributed by atoms with van der Waals surface area (Å²) >= 11 is 0. The smallest absolute Gasteiger partial charge is 0.393 e. The maximum Gasteiger partial charge on any atom is 0.423 e.